The molecule has 9 heteroatoms. The second kappa shape index (κ2) is 6.73. The van der Waals surface area contributed by atoms with Gasteiger partial charge in [-0.25, -0.2) is 9.18 Å². The van der Waals surface area contributed by atoms with E-state index in [9.17, 15) is 22.4 Å². The maximum absolute atomic E-state index is 13.4. The molecular weight excluding hydrogens is 340 g/mol. The molecule has 0 radical (unpaired) electrons. The fourth-order valence-electron chi connectivity index (χ4n) is 2.46. The maximum atomic E-state index is 13.4. The average molecular weight is 356 g/mol. The lowest BCUT2D eigenvalue weighted by atomic mass is 10.2. The smallest absolute Gasteiger partial charge is 0.336 e. The number of aromatic nitrogens is 2. The van der Waals surface area contributed by atoms with Crippen molar-refractivity contribution in [3.8, 4) is 0 Å². The van der Waals surface area contributed by atoms with Gasteiger partial charge in [0.05, 0.1) is 12.2 Å². The fraction of sp³-hybridized carbons (Fsp3) is 0.375. The Balaban J connectivity index is 1.57. The molecule has 0 aliphatic heterocycles. The zero-order chi connectivity index (χ0) is 18.0. The molecule has 1 aliphatic carbocycles. The van der Waals surface area contributed by atoms with Crippen LogP contribution in [0.4, 0.5) is 28.0 Å². The number of rotatable bonds is 5. The Morgan fingerprint density at radius 1 is 1.28 bits per heavy atom. The molecule has 1 saturated carbocycles. The van der Waals surface area contributed by atoms with Gasteiger partial charge in [0.25, 0.3) is 0 Å². The highest BCUT2D eigenvalue weighted by atomic mass is 19.4. The Bertz CT molecular complexity index is 768. The summed E-state index contributed by atoms with van der Waals surface area (Å²) in [7, 11) is 0. The fourth-order valence-corrected chi connectivity index (χ4v) is 2.46. The normalized spacial score (nSPS) is 14.4. The van der Waals surface area contributed by atoms with Gasteiger partial charge >= 0.3 is 12.2 Å². The van der Waals surface area contributed by atoms with Gasteiger partial charge in [-0.2, -0.15) is 18.3 Å². The van der Waals surface area contributed by atoms with Crippen LogP contribution in [0.3, 0.4) is 0 Å². The number of nitrogens with one attached hydrogen (secondary N) is 2. The molecule has 3 rings (SSSR count). The molecule has 134 valence electrons. The molecule has 1 aliphatic rings. The van der Waals surface area contributed by atoms with Crippen molar-refractivity contribution in [3.05, 3.63) is 47.5 Å². The zero-order valence-corrected chi connectivity index (χ0v) is 13.1. The number of hydrogen-bond acceptors (Lipinski definition) is 2. The average Bonchev–Trinajstić information content (AvgIpc) is 3.29. The van der Waals surface area contributed by atoms with Crippen LogP contribution in [0.5, 0.6) is 0 Å². The summed E-state index contributed by atoms with van der Waals surface area (Å²) in [6, 6.07) is 6.11. The monoisotopic (exact) mass is 356 g/mol. The highest BCUT2D eigenvalue weighted by molar-refractivity contribution is 5.89. The van der Waals surface area contributed by atoms with E-state index < -0.39 is 23.7 Å². The Kier molecular flexibility index (Phi) is 4.65. The lowest BCUT2D eigenvalue weighted by Gasteiger charge is -2.10. The number of anilines is 1. The van der Waals surface area contributed by atoms with Crippen molar-refractivity contribution in [2.75, 3.05) is 11.9 Å². The molecule has 25 heavy (non-hydrogen) atoms. The van der Waals surface area contributed by atoms with Crippen LogP contribution in [0, 0.1) is 5.82 Å². The van der Waals surface area contributed by atoms with E-state index in [4.69, 9.17) is 0 Å². The number of carbonyl (C=O) groups excluding carboxylic acids is 1. The number of carbonyl (C=O) groups is 1. The van der Waals surface area contributed by atoms with Crippen LogP contribution in [0.2, 0.25) is 0 Å². The molecule has 2 N–H and O–H groups in total. The summed E-state index contributed by atoms with van der Waals surface area (Å²) >= 11 is 0. The molecule has 0 atom stereocenters. The first kappa shape index (κ1) is 17.2. The predicted octanol–water partition coefficient (Wildman–Crippen LogP) is 3.74. The Labute approximate surface area is 141 Å². The van der Waals surface area contributed by atoms with Gasteiger partial charge in [-0.05, 0) is 31.0 Å². The summed E-state index contributed by atoms with van der Waals surface area (Å²) in [6.07, 6.45) is -2.82. The summed E-state index contributed by atoms with van der Waals surface area (Å²) in [4.78, 5) is 11.8. The molecule has 2 aromatic rings. The largest absolute Gasteiger partial charge is 0.435 e. The number of benzene rings is 1. The minimum Gasteiger partial charge on any atom is -0.336 e. The van der Waals surface area contributed by atoms with Gasteiger partial charge in [0.15, 0.2) is 5.69 Å². The van der Waals surface area contributed by atoms with Crippen LogP contribution in [0.15, 0.2) is 30.3 Å². The van der Waals surface area contributed by atoms with Gasteiger partial charge in [0, 0.05) is 18.2 Å². The van der Waals surface area contributed by atoms with E-state index >= 15 is 0 Å². The number of hydrogen-bond donors (Lipinski definition) is 2. The van der Waals surface area contributed by atoms with Crippen molar-refractivity contribution in [2.24, 2.45) is 0 Å². The van der Waals surface area contributed by atoms with Gasteiger partial charge in [-0.1, -0.05) is 12.1 Å². The van der Waals surface area contributed by atoms with Crippen LogP contribution < -0.4 is 10.6 Å². The number of urea groups is 1. The van der Waals surface area contributed by atoms with Crippen molar-refractivity contribution in [1.82, 2.24) is 15.1 Å². The van der Waals surface area contributed by atoms with Gasteiger partial charge in [0.1, 0.15) is 5.82 Å². The van der Waals surface area contributed by atoms with E-state index in [0.717, 1.165) is 18.9 Å². The SMILES string of the molecule is O=C(NCCn1nc(C(F)(F)F)cc1C1CC1)Nc1ccccc1F. The molecule has 5 nitrogen and oxygen atoms in total. The second-order valence-corrected chi connectivity index (χ2v) is 5.81. The molecule has 0 unspecified atom stereocenters. The summed E-state index contributed by atoms with van der Waals surface area (Å²) in [6.45, 7) is 0.172. The summed E-state index contributed by atoms with van der Waals surface area (Å²) in [5, 5.41) is 8.42. The third-order valence-corrected chi connectivity index (χ3v) is 3.83. The number of amides is 2. The van der Waals surface area contributed by atoms with Crippen LogP contribution in [-0.2, 0) is 12.7 Å². The zero-order valence-electron chi connectivity index (χ0n) is 13.1. The van der Waals surface area contributed by atoms with Crippen LogP contribution in [-0.4, -0.2) is 22.4 Å². The first-order chi connectivity index (χ1) is 11.8. The molecule has 1 fully saturated rings. The van der Waals surface area contributed by atoms with E-state index in [1.165, 1.54) is 22.9 Å². The number of halogens is 4. The number of para-hydroxylation sites is 1. The third-order valence-electron chi connectivity index (χ3n) is 3.83. The van der Waals surface area contributed by atoms with Gasteiger partial charge in [-0.15, -0.1) is 0 Å². The van der Waals surface area contributed by atoms with E-state index in [1.54, 1.807) is 6.07 Å². The van der Waals surface area contributed by atoms with Gasteiger partial charge in [0.2, 0.25) is 0 Å². The molecule has 2 amide bonds. The molecule has 0 bridgehead atoms. The highest BCUT2D eigenvalue weighted by Gasteiger charge is 2.37. The van der Waals surface area contributed by atoms with E-state index in [-0.39, 0.29) is 24.7 Å². The molecular formula is C16H16F4N4O. The quantitative estimate of drug-likeness (QED) is 0.802. The van der Waals surface area contributed by atoms with Crippen molar-refractivity contribution in [3.63, 3.8) is 0 Å². The lowest BCUT2D eigenvalue weighted by Crippen LogP contribution is -2.32. The Morgan fingerprint density at radius 2 is 2.00 bits per heavy atom. The molecule has 0 saturated heterocycles. The molecule has 1 aromatic heterocycles. The minimum absolute atomic E-state index is 0.0251. The summed E-state index contributed by atoms with van der Waals surface area (Å²) in [5.74, 6) is -0.480. The van der Waals surface area contributed by atoms with Gasteiger partial charge in [-0.3, -0.25) is 4.68 Å². The number of alkyl halides is 3. The Hall–Kier alpha value is -2.58. The van der Waals surface area contributed by atoms with Crippen molar-refractivity contribution >= 4 is 11.7 Å². The predicted molar refractivity (Wildman–Crippen MR) is 82.6 cm³/mol. The topological polar surface area (TPSA) is 59.0 Å². The van der Waals surface area contributed by atoms with E-state index in [2.05, 4.69) is 15.7 Å². The van der Waals surface area contributed by atoms with E-state index in [1.807, 2.05) is 0 Å². The summed E-state index contributed by atoms with van der Waals surface area (Å²) < 4.78 is 53.1. The third kappa shape index (κ3) is 4.28. The molecule has 1 aromatic carbocycles. The van der Waals surface area contributed by atoms with Crippen LogP contribution >= 0.6 is 0 Å². The van der Waals surface area contributed by atoms with Crippen molar-refractivity contribution < 1.29 is 22.4 Å². The number of nitrogens with zero attached hydrogens (tertiary/aromatic N) is 2. The highest BCUT2D eigenvalue weighted by Crippen LogP contribution is 2.42. The van der Waals surface area contributed by atoms with Crippen molar-refractivity contribution in [1.29, 1.82) is 0 Å². The Morgan fingerprint density at radius 3 is 2.64 bits per heavy atom. The minimum atomic E-state index is -4.50. The van der Waals surface area contributed by atoms with Crippen molar-refractivity contribution in [2.45, 2.75) is 31.5 Å². The standard InChI is InChI=1S/C16H16F4N4O/c17-11-3-1-2-4-12(11)22-15(25)21-7-8-24-13(10-5-6-10)9-14(23-24)16(18,19)20/h1-4,9-10H,5-8H2,(H2,21,22,25). The van der Waals surface area contributed by atoms with Gasteiger partial charge < -0.3 is 10.6 Å². The first-order valence-corrected chi connectivity index (χ1v) is 7.79. The second-order valence-electron chi connectivity index (χ2n) is 5.81. The first-order valence-electron chi connectivity index (χ1n) is 7.79. The van der Waals surface area contributed by atoms with Crippen LogP contribution in [0.1, 0.15) is 30.1 Å². The van der Waals surface area contributed by atoms with Crippen LogP contribution in [0.25, 0.3) is 0 Å². The molecule has 1 heterocycles. The summed E-state index contributed by atoms with van der Waals surface area (Å²) in [5.41, 5.74) is -0.369. The lowest BCUT2D eigenvalue weighted by molar-refractivity contribution is -0.141. The molecule has 0 spiro atoms. The van der Waals surface area contributed by atoms with E-state index in [0.29, 0.717) is 5.69 Å². The maximum Gasteiger partial charge on any atom is 0.435 e.